The SMILES string of the molecule is CO/N=C(/C(=O)N[C@@H]1C(=O)N2C(C(=O)OCOC(=O)C(C)(C)C)=C(CSC)CS[C@H]12)c1csc(N)n1. The molecule has 15 heteroatoms. The number of carbonyl (C=O) groups is 4. The molecule has 3 N–H and O–H groups in total. The molecule has 0 radical (unpaired) electrons. The Balaban J connectivity index is 1.73. The molecule has 2 aliphatic heterocycles. The predicted octanol–water partition coefficient (Wildman–Crippen LogP) is 1.18. The number of nitrogens with one attached hydrogen (secondary N) is 1. The summed E-state index contributed by atoms with van der Waals surface area (Å²) < 4.78 is 10.2. The number of β-lactam (4-membered cyclic amide) rings is 1. The number of nitrogens with two attached hydrogens (primary N) is 1. The van der Waals surface area contributed by atoms with Crippen LogP contribution in [0, 0.1) is 5.41 Å². The van der Waals surface area contributed by atoms with Crippen molar-refractivity contribution in [3.05, 3.63) is 22.3 Å². The lowest BCUT2D eigenvalue weighted by atomic mass is 9.98. The van der Waals surface area contributed by atoms with Crippen LogP contribution >= 0.6 is 34.9 Å². The number of nitrogen functional groups attached to an aromatic ring is 1. The number of hydrogen-bond donors (Lipinski definition) is 2. The molecule has 0 aromatic carbocycles. The van der Waals surface area contributed by atoms with Gasteiger partial charge in [0.05, 0.1) is 5.41 Å². The second-order valence-corrected chi connectivity index (χ2v) is 11.5. The Morgan fingerprint density at radius 3 is 2.64 bits per heavy atom. The van der Waals surface area contributed by atoms with E-state index in [4.69, 9.17) is 20.0 Å². The average molecular weight is 558 g/mol. The molecule has 0 aliphatic carbocycles. The van der Waals surface area contributed by atoms with Gasteiger partial charge in [0, 0.05) is 16.9 Å². The third-order valence-corrected chi connectivity index (χ3v) is 7.65. The average Bonchev–Trinajstić information content (AvgIpc) is 3.25. The minimum atomic E-state index is -0.905. The van der Waals surface area contributed by atoms with Gasteiger partial charge in [0.25, 0.3) is 11.8 Å². The molecule has 0 bridgehead atoms. The highest BCUT2D eigenvalue weighted by Crippen LogP contribution is 2.41. The fourth-order valence-electron chi connectivity index (χ4n) is 3.28. The molecule has 1 saturated heterocycles. The van der Waals surface area contributed by atoms with E-state index >= 15 is 0 Å². The monoisotopic (exact) mass is 557 g/mol. The van der Waals surface area contributed by atoms with Gasteiger partial charge in [-0.1, -0.05) is 5.16 Å². The lowest BCUT2D eigenvalue weighted by molar-refractivity contribution is -0.173. The first-order valence-electron chi connectivity index (χ1n) is 10.6. The topological polar surface area (TPSA) is 163 Å². The number of hydrogen-bond acceptors (Lipinski definition) is 13. The first kappa shape index (κ1) is 27.8. The van der Waals surface area contributed by atoms with Crippen molar-refractivity contribution in [1.82, 2.24) is 15.2 Å². The molecule has 3 heterocycles. The molecule has 1 aromatic heterocycles. The van der Waals surface area contributed by atoms with E-state index in [-0.39, 0.29) is 22.2 Å². The normalized spacial score (nSPS) is 19.9. The number of thiazole rings is 1. The van der Waals surface area contributed by atoms with Crippen LogP contribution in [-0.2, 0) is 33.5 Å². The Bertz CT molecular complexity index is 1110. The number of anilines is 1. The van der Waals surface area contributed by atoms with Crippen LogP contribution in [0.25, 0.3) is 0 Å². The number of carbonyl (C=O) groups excluding carboxylic acids is 4. The van der Waals surface area contributed by atoms with E-state index in [0.29, 0.717) is 17.1 Å². The van der Waals surface area contributed by atoms with E-state index in [9.17, 15) is 19.2 Å². The summed E-state index contributed by atoms with van der Waals surface area (Å²) in [7, 11) is 1.28. The number of ether oxygens (including phenoxy) is 2. The van der Waals surface area contributed by atoms with E-state index in [1.54, 1.807) is 26.2 Å². The molecule has 0 unspecified atom stereocenters. The second kappa shape index (κ2) is 11.5. The highest BCUT2D eigenvalue weighted by molar-refractivity contribution is 8.00. The zero-order valence-corrected chi connectivity index (χ0v) is 22.8. The number of esters is 2. The van der Waals surface area contributed by atoms with E-state index in [2.05, 4.69) is 15.5 Å². The van der Waals surface area contributed by atoms with Gasteiger partial charge < -0.3 is 25.4 Å². The van der Waals surface area contributed by atoms with Crippen LogP contribution in [0.5, 0.6) is 0 Å². The van der Waals surface area contributed by atoms with Crippen LogP contribution in [0.2, 0.25) is 0 Å². The van der Waals surface area contributed by atoms with Gasteiger partial charge in [-0.3, -0.25) is 19.3 Å². The molecule has 12 nitrogen and oxygen atoms in total. The van der Waals surface area contributed by atoms with Crippen molar-refractivity contribution in [2.75, 3.05) is 37.4 Å². The number of aromatic nitrogens is 1. The highest BCUT2D eigenvalue weighted by Gasteiger charge is 2.54. The molecule has 1 aromatic rings. The van der Waals surface area contributed by atoms with Gasteiger partial charge in [-0.15, -0.1) is 23.1 Å². The molecule has 2 atom stereocenters. The number of nitrogens with zero attached hydrogens (tertiary/aromatic N) is 3. The number of oxime groups is 1. The van der Waals surface area contributed by atoms with Crippen LogP contribution in [0.15, 0.2) is 21.8 Å². The van der Waals surface area contributed by atoms with Crippen molar-refractivity contribution in [2.45, 2.75) is 32.2 Å². The first-order chi connectivity index (χ1) is 17.0. The molecule has 0 spiro atoms. The van der Waals surface area contributed by atoms with Crippen molar-refractivity contribution in [3.8, 4) is 0 Å². The number of rotatable bonds is 9. The van der Waals surface area contributed by atoms with Gasteiger partial charge in [0.15, 0.2) is 10.8 Å². The van der Waals surface area contributed by atoms with E-state index in [1.807, 2.05) is 6.26 Å². The van der Waals surface area contributed by atoms with Crippen LogP contribution in [0.3, 0.4) is 0 Å². The Morgan fingerprint density at radius 1 is 1.33 bits per heavy atom. The zero-order chi connectivity index (χ0) is 26.6. The first-order valence-corrected chi connectivity index (χ1v) is 13.9. The number of thioether (sulfide) groups is 2. The van der Waals surface area contributed by atoms with Crippen LogP contribution in [0.4, 0.5) is 5.13 Å². The lowest BCUT2D eigenvalue weighted by Crippen LogP contribution is -2.71. The molecular weight excluding hydrogens is 530 g/mol. The number of amides is 2. The summed E-state index contributed by atoms with van der Waals surface area (Å²) in [5, 5.41) is 7.65. The summed E-state index contributed by atoms with van der Waals surface area (Å²) in [6, 6.07) is -0.905. The fourth-order valence-corrected chi connectivity index (χ4v) is 5.89. The van der Waals surface area contributed by atoms with Crippen LogP contribution in [0.1, 0.15) is 26.5 Å². The summed E-state index contributed by atoms with van der Waals surface area (Å²) in [4.78, 5) is 61.0. The van der Waals surface area contributed by atoms with Crippen molar-refractivity contribution in [3.63, 3.8) is 0 Å². The van der Waals surface area contributed by atoms with Gasteiger partial charge in [0.2, 0.25) is 6.79 Å². The van der Waals surface area contributed by atoms with Gasteiger partial charge >= 0.3 is 11.9 Å². The standard InChI is InChI=1S/C21H27N5O7S3/c1-21(2,3)19(30)33-9-32-18(29)14-10(6-34-5)7-35-17-13(16(28)26(14)17)24-15(27)12(25-31-4)11-8-36-20(22)23-11/h8,13,17H,6-7,9H2,1-5H3,(H2,22,23)(H,24,27)/b25-12+/t13-,17-/m1/s1. The summed E-state index contributed by atoms with van der Waals surface area (Å²) in [5.74, 6) is -1.49. The zero-order valence-electron chi connectivity index (χ0n) is 20.4. The van der Waals surface area contributed by atoms with E-state index in [1.165, 1.54) is 35.5 Å². The van der Waals surface area contributed by atoms with Gasteiger partial charge in [-0.2, -0.15) is 11.8 Å². The fraction of sp³-hybridized carbons (Fsp3) is 0.524. The Hall–Kier alpha value is -2.78. The summed E-state index contributed by atoms with van der Waals surface area (Å²) in [5.41, 5.74) is 5.81. The van der Waals surface area contributed by atoms with Gasteiger partial charge in [-0.25, -0.2) is 9.78 Å². The van der Waals surface area contributed by atoms with Crippen LogP contribution in [-0.4, -0.2) is 82.4 Å². The maximum Gasteiger partial charge on any atom is 0.357 e. The third-order valence-electron chi connectivity index (χ3n) is 5.00. The molecule has 1 fully saturated rings. The predicted molar refractivity (Wildman–Crippen MR) is 137 cm³/mol. The largest absolute Gasteiger partial charge is 0.427 e. The molecule has 2 amide bonds. The second-order valence-electron chi connectivity index (χ2n) is 8.67. The molecular formula is C21H27N5O7S3. The van der Waals surface area contributed by atoms with Crippen molar-refractivity contribution in [2.24, 2.45) is 10.6 Å². The van der Waals surface area contributed by atoms with Crippen molar-refractivity contribution in [1.29, 1.82) is 0 Å². The summed E-state index contributed by atoms with van der Waals surface area (Å²) in [6.07, 6.45) is 1.88. The summed E-state index contributed by atoms with van der Waals surface area (Å²) >= 11 is 4.04. The smallest absolute Gasteiger partial charge is 0.357 e. The Morgan fingerprint density at radius 2 is 2.06 bits per heavy atom. The molecule has 3 rings (SSSR count). The van der Waals surface area contributed by atoms with Gasteiger partial charge in [-0.05, 0) is 32.6 Å². The van der Waals surface area contributed by atoms with Crippen LogP contribution < -0.4 is 11.1 Å². The number of fused-ring (bicyclic) bond motifs is 1. The van der Waals surface area contributed by atoms with Crippen molar-refractivity contribution < 1.29 is 33.5 Å². The quantitative estimate of drug-likeness (QED) is 0.147. The summed E-state index contributed by atoms with van der Waals surface area (Å²) in [6.45, 7) is 4.47. The third kappa shape index (κ3) is 5.95. The molecule has 0 saturated carbocycles. The van der Waals surface area contributed by atoms with E-state index < -0.39 is 47.4 Å². The van der Waals surface area contributed by atoms with Crippen molar-refractivity contribution >= 4 is 69.5 Å². The maximum atomic E-state index is 13.1. The molecule has 36 heavy (non-hydrogen) atoms. The Labute approximate surface area is 220 Å². The van der Waals surface area contributed by atoms with Gasteiger partial charge in [0.1, 0.15) is 29.9 Å². The van der Waals surface area contributed by atoms with E-state index in [0.717, 1.165) is 11.3 Å². The lowest BCUT2D eigenvalue weighted by Gasteiger charge is -2.49. The Kier molecular flexibility index (Phi) is 8.89. The maximum absolute atomic E-state index is 13.1. The molecule has 2 aliphatic rings. The highest BCUT2D eigenvalue weighted by atomic mass is 32.2. The molecule has 196 valence electrons. The minimum absolute atomic E-state index is 0.105. The minimum Gasteiger partial charge on any atom is -0.427 e.